The van der Waals surface area contributed by atoms with Crippen molar-refractivity contribution < 1.29 is 4.39 Å². The third kappa shape index (κ3) is 3.88. The lowest BCUT2D eigenvalue weighted by Gasteiger charge is -2.17. The van der Waals surface area contributed by atoms with Crippen molar-refractivity contribution in [1.29, 1.82) is 0 Å². The Kier molecular flexibility index (Phi) is 4.91. The number of aryl methyl sites for hydroxylation is 2. The fourth-order valence-electron chi connectivity index (χ4n) is 2.47. The van der Waals surface area contributed by atoms with Gasteiger partial charge in [-0.2, -0.15) is 0 Å². The smallest absolute Gasteiger partial charge is 0.124 e. The van der Waals surface area contributed by atoms with Crippen molar-refractivity contribution in [3.05, 3.63) is 68.9 Å². The van der Waals surface area contributed by atoms with Crippen LogP contribution in [0.1, 0.15) is 28.3 Å². The fourth-order valence-corrected chi connectivity index (χ4v) is 2.95. The number of halogens is 2. The Hall–Kier alpha value is -1.23. The standard InChI is InChI=1S/C16H18BrFN2/c1-10-3-11(2)5-12(4-10)6-16(20-19)13-7-14(17)9-15(18)8-13/h3-5,7-9,16,20H,6,19H2,1-2H3. The van der Waals surface area contributed by atoms with Crippen molar-refractivity contribution in [2.45, 2.75) is 26.3 Å². The quantitative estimate of drug-likeness (QED) is 0.655. The summed E-state index contributed by atoms with van der Waals surface area (Å²) in [7, 11) is 0. The van der Waals surface area contributed by atoms with E-state index in [0.717, 1.165) is 12.0 Å². The lowest BCUT2D eigenvalue weighted by atomic mass is 9.97. The molecule has 0 aliphatic rings. The van der Waals surface area contributed by atoms with Crippen LogP contribution < -0.4 is 11.3 Å². The second-order valence-corrected chi connectivity index (χ2v) is 6.04. The van der Waals surface area contributed by atoms with Gasteiger partial charge in [-0.05, 0) is 49.6 Å². The van der Waals surface area contributed by atoms with Gasteiger partial charge < -0.3 is 0 Å². The zero-order chi connectivity index (χ0) is 14.7. The minimum absolute atomic E-state index is 0.122. The first-order valence-corrected chi connectivity index (χ1v) is 7.26. The molecular formula is C16H18BrFN2. The maximum absolute atomic E-state index is 13.5. The summed E-state index contributed by atoms with van der Waals surface area (Å²) in [6.45, 7) is 4.14. The van der Waals surface area contributed by atoms with Gasteiger partial charge in [-0.25, -0.2) is 4.39 Å². The predicted octanol–water partition coefficient (Wildman–Crippen LogP) is 3.95. The van der Waals surface area contributed by atoms with Crippen LogP contribution in [0.25, 0.3) is 0 Å². The Morgan fingerprint density at radius 1 is 1.10 bits per heavy atom. The topological polar surface area (TPSA) is 38.0 Å². The molecule has 0 aromatic heterocycles. The highest BCUT2D eigenvalue weighted by Crippen LogP contribution is 2.23. The number of hydrogen-bond donors (Lipinski definition) is 2. The first kappa shape index (κ1) is 15.2. The SMILES string of the molecule is Cc1cc(C)cc(CC(NN)c2cc(F)cc(Br)c2)c1. The molecule has 2 rings (SSSR count). The van der Waals surface area contributed by atoms with Gasteiger partial charge >= 0.3 is 0 Å². The van der Waals surface area contributed by atoms with Gasteiger partial charge in [0.15, 0.2) is 0 Å². The number of nitrogens with one attached hydrogen (secondary N) is 1. The van der Waals surface area contributed by atoms with E-state index in [1.165, 1.54) is 28.8 Å². The molecule has 0 aliphatic heterocycles. The molecule has 1 unspecified atom stereocenters. The summed E-state index contributed by atoms with van der Waals surface area (Å²) in [4.78, 5) is 0. The molecule has 2 aromatic carbocycles. The molecule has 0 fully saturated rings. The number of hydrazine groups is 1. The minimum Gasteiger partial charge on any atom is -0.271 e. The van der Waals surface area contributed by atoms with Gasteiger partial charge in [0, 0.05) is 4.47 Å². The molecule has 0 saturated carbocycles. The highest BCUT2D eigenvalue weighted by atomic mass is 79.9. The van der Waals surface area contributed by atoms with Gasteiger partial charge in [0.05, 0.1) is 6.04 Å². The Labute approximate surface area is 127 Å². The Balaban J connectivity index is 2.28. The number of nitrogens with two attached hydrogens (primary N) is 1. The van der Waals surface area contributed by atoms with E-state index in [9.17, 15) is 4.39 Å². The Morgan fingerprint density at radius 2 is 1.75 bits per heavy atom. The molecule has 0 radical (unpaired) electrons. The van der Waals surface area contributed by atoms with Crippen molar-refractivity contribution in [1.82, 2.24) is 5.43 Å². The van der Waals surface area contributed by atoms with Crippen LogP contribution in [0.2, 0.25) is 0 Å². The largest absolute Gasteiger partial charge is 0.271 e. The zero-order valence-corrected chi connectivity index (χ0v) is 13.2. The maximum Gasteiger partial charge on any atom is 0.124 e. The van der Waals surface area contributed by atoms with Crippen LogP contribution in [0.5, 0.6) is 0 Å². The third-order valence-corrected chi connectivity index (χ3v) is 3.67. The van der Waals surface area contributed by atoms with Crippen LogP contribution in [0.4, 0.5) is 4.39 Å². The Morgan fingerprint density at radius 3 is 2.30 bits per heavy atom. The zero-order valence-electron chi connectivity index (χ0n) is 11.6. The normalized spacial score (nSPS) is 12.4. The van der Waals surface area contributed by atoms with E-state index in [0.29, 0.717) is 4.47 Å². The summed E-state index contributed by atoms with van der Waals surface area (Å²) in [5.74, 6) is 5.37. The number of benzene rings is 2. The molecule has 0 aliphatic carbocycles. The Bertz CT molecular complexity index is 573. The van der Waals surface area contributed by atoms with Crippen LogP contribution in [-0.4, -0.2) is 0 Å². The summed E-state index contributed by atoms with van der Waals surface area (Å²) in [6, 6.07) is 11.1. The fraction of sp³-hybridized carbons (Fsp3) is 0.250. The van der Waals surface area contributed by atoms with Gasteiger partial charge in [-0.15, -0.1) is 0 Å². The second kappa shape index (κ2) is 6.48. The van der Waals surface area contributed by atoms with Crippen LogP contribution in [0, 0.1) is 19.7 Å². The van der Waals surface area contributed by atoms with Crippen molar-refractivity contribution in [3.63, 3.8) is 0 Å². The third-order valence-electron chi connectivity index (χ3n) is 3.21. The van der Waals surface area contributed by atoms with Crippen molar-refractivity contribution in [2.24, 2.45) is 5.84 Å². The monoisotopic (exact) mass is 336 g/mol. The van der Waals surface area contributed by atoms with Crippen LogP contribution in [0.3, 0.4) is 0 Å². The van der Waals surface area contributed by atoms with Gasteiger partial charge in [-0.3, -0.25) is 11.3 Å². The molecule has 0 bridgehead atoms. The first-order chi connectivity index (χ1) is 9.47. The van der Waals surface area contributed by atoms with E-state index < -0.39 is 0 Å². The molecular weight excluding hydrogens is 319 g/mol. The van der Waals surface area contributed by atoms with Gasteiger partial charge in [-0.1, -0.05) is 45.3 Å². The van der Waals surface area contributed by atoms with Gasteiger partial charge in [0.1, 0.15) is 5.82 Å². The summed E-state index contributed by atoms with van der Waals surface area (Å²) < 4.78 is 14.2. The average molecular weight is 337 g/mol. The highest BCUT2D eigenvalue weighted by Gasteiger charge is 2.13. The molecule has 0 saturated heterocycles. The molecule has 20 heavy (non-hydrogen) atoms. The van der Waals surface area contributed by atoms with Crippen molar-refractivity contribution >= 4 is 15.9 Å². The molecule has 1 atom stereocenters. The summed E-state index contributed by atoms with van der Waals surface area (Å²) in [5, 5.41) is 0. The maximum atomic E-state index is 13.5. The van der Waals surface area contributed by atoms with Gasteiger partial charge in [0.25, 0.3) is 0 Å². The lowest BCUT2D eigenvalue weighted by Crippen LogP contribution is -2.29. The molecule has 4 heteroatoms. The van der Waals surface area contributed by atoms with E-state index in [1.807, 2.05) is 6.07 Å². The molecule has 0 amide bonds. The average Bonchev–Trinajstić information content (AvgIpc) is 2.33. The van der Waals surface area contributed by atoms with Crippen LogP contribution in [-0.2, 0) is 6.42 Å². The summed E-state index contributed by atoms with van der Waals surface area (Å²) in [5.41, 5.74) is 7.23. The molecule has 3 N–H and O–H groups in total. The van der Waals surface area contributed by atoms with E-state index in [4.69, 9.17) is 5.84 Å². The van der Waals surface area contributed by atoms with E-state index >= 15 is 0 Å². The van der Waals surface area contributed by atoms with E-state index in [-0.39, 0.29) is 11.9 Å². The summed E-state index contributed by atoms with van der Waals surface area (Å²) in [6.07, 6.45) is 0.717. The summed E-state index contributed by atoms with van der Waals surface area (Å²) >= 11 is 3.31. The van der Waals surface area contributed by atoms with Crippen LogP contribution >= 0.6 is 15.9 Å². The number of hydrogen-bond acceptors (Lipinski definition) is 2. The number of rotatable bonds is 4. The minimum atomic E-state index is -0.268. The highest BCUT2D eigenvalue weighted by molar-refractivity contribution is 9.10. The molecule has 0 spiro atoms. The molecule has 2 nitrogen and oxygen atoms in total. The van der Waals surface area contributed by atoms with Crippen LogP contribution in [0.15, 0.2) is 40.9 Å². The molecule has 2 aromatic rings. The molecule has 0 heterocycles. The van der Waals surface area contributed by atoms with E-state index in [2.05, 4.69) is 53.4 Å². The predicted molar refractivity (Wildman–Crippen MR) is 83.8 cm³/mol. The van der Waals surface area contributed by atoms with Crippen molar-refractivity contribution in [3.8, 4) is 0 Å². The van der Waals surface area contributed by atoms with E-state index in [1.54, 1.807) is 0 Å². The molecule has 106 valence electrons. The first-order valence-electron chi connectivity index (χ1n) is 6.47. The van der Waals surface area contributed by atoms with Crippen molar-refractivity contribution in [2.75, 3.05) is 0 Å². The van der Waals surface area contributed by atoms with Gasteiger partial charge in [0.2, 0.25) is 0 Å². The second-order valence-electron chi connectivity index (χ2n) is 5.12. The lowest BCUT2D eigenvalue weighted by molar-refractivity contribution is 0.544.